The van der Waals surface area contributed by atoms with Crippen molar-refractivity contribution in [3.05, 3.63) is 65.0 Å². The van der Waals surface area contributed by atoms with E-state index in [4.69, 9.17) is 16.1 Å². The standard InChI is InChI=1S/C25H29ClN4O2/c1-2-3-7-18-11-13-20(14-12-18)27-25(31)19-8-6-15-30(16-19)17-23-28-24(29-32-23)21-9-4-5-10-22(21)26/h4-5,9-14,19H,2-3,6-8,15-17H2,1H3,(H,27,31). The lowest BCUT2D eigenvalue weighted by atomic mass is 9.97. The first-order valence-corrected chi connectivity index (χ1v) is 11.7. The molecule has 4 rings (SSSR count). The molecule has 0 radical (unpaired) electrons. The van der Waals surface area contributed by atoms with Crippen LogP contribution in [0.2, 0.25) is 5.02 Å². The first-order chi connectivity index (χ1) is 15.6. The van der Waals surface area contributed by atoms with Crippen LogP contribution in [-0.4, -0.2) is 34.0 Å². The van der Waals surface area contributed by atoms with Gasteiger partial charge in [-0.2, -0.15) is 4.98 Å². The summed E-state index contributed by atoms with van der Waals surface area (Å²) in [4.78, 5) is 19.5. The molecule has 1 aliphatic rings. The molecule has 1 atom stereocenters. The van der Waals surface area contributed by atoms with Gasteiger partial charge in [-0.05, 0) is 62.1 Å². The van der Waals surface area contributed by atoms with Crippen molar-refractivity contribution in [3.63, 3.8) is 0 Å². The number of likely N-dealkylation sites (tertiary alicyclic amines) is 1. The number of rotatable bonds is 8. The molecule has 1 aromatic heterocycles. The third-order valence-corrected chi connectivity index (χ3v) is 6.19. The Morgan fingerprint density at radius 3 is 2.81 bits per heavy atom. The van der Waals surface area contributed by atoms with E-state index >= 15 is 0 Å². The van der Waals surface area contributed by atoms with Gasteiger partial charge < -0.3 is 9.84 Å². The summed E-state index contributed by atoms with van der Waals surface area (Å²) in [6, 6.07) is 15.6. The summed E-state index contributed by atoms with van der Waals surface area (Å²) < 4.78 is 5.45. The van der Waals surface area contributed by atoms with Crippen molar-refractivity contribution < 1.29 is 9.32 Å². The monoisotopic (exact) mass is 452 g/mol. The highest BCUT2D eigenvalue weighted by atomic mass is 35.5. The van der Waals surface area contributed by atoms with Crippen LogP contribution in [-0.2, 0) is 17.8 Å². The van der Waals surface area contributed by atoms with Gasteiger partial charge in [-0.15, -0.1) is 0 Å². The SMILES string of the molecule is CCCCc1ccc(NC(=O)C2CCCN(Cc3nc(-c4ccccc4Cl)no3)C2)cc1. The van der Waals surface area contributed by atoms with Crippen molar-refractivity contribution in [1.82, 2.24) is 15.0 Å². The number of aromatic nitrogens is 2. The zero-order valence-electron chi connectivity index (χ0n) is 18.4. The average molecular weight is 453 g/mol. The van der Waals surface area contributed by atoms with Gasteiger partial charge in [-0.1, -0.05) is 54.4 Å². The largest absolute Gasteiger partial charge is 0.338 e. The van der Waals surface area contributed by atoms with E-state index in [-0.39, 0.29) is 11.8 Å². The number of unbranched alkanes of at least 4 members (excludes halogenated alkanes) is 1. The molecular formula is C25H29ClN4O2. The topological polar surface area (TPSA) is 71.3 Å². The Morgan fingerprint density at radius 2 is 2.03 bits per heavy atom. The molecule has 0 aliphatic carbocycles. The van der Waals surface area contributed by atoms with Gasteiger partial charge in [-0.25, -0.2) is 0 Å². The molecule has 0 spiro atoms. The molecule has 32 heavy (non-hydrogen) atoms. The smallest absolute Gasteiger partial charge is 0.241 e. The maximum Gasteiger partial charge on any atom is 0.241 e. The maximum atomic E-state index is 12.8. The number of aryl methyl sites for hydroxylation is 1. The Morgan fingerprint density at radius 1 is 1.22 bits per heavy atom. The van der Waals surface area contributed by atoms with Gasteiger partial charge in [0.15, 0.2) is 0 Å². The maximum absolute atomic E-state index is 12.8. The number of halogens is 1. The summed E-state index contributed by atoms with van der Waals surface area (Å²) in [5.41, 5.74) is 2.92. The van der Waals surface area contributed by atoms with Crippen LogP contribution >= 0.6 is 11.6 Å². The minimum atomic E-state index is -0.0607. The van der Waals surface area contributed by atoms with Crippen LogP contribution in [0.5, 0.6) is 0 Å². The van der Waals surface area contributed by atoms with Crippen LogP contribution in [0.3, 0.4) is 0 Å². The third kappa shape index (κ3) is 5.75. The first kappa shape index (κ1) is 22.5. The second-order valence-corrected chi connectivity index (χ2v) is 8.76. The van der Waals surface area contributed by atoms with Crippen LogP contribution in [0.4, 0.5) is 5.69 Å². The minimum Gasteiger partial charge on any atom is -0.338 e. The van der Waals surface area contributed by atoms with Crippen molar-refractivity contribution in [1.29, 1.82) is 0 Å². The Kier molecular flexibility index (Phi) is 7.55. The molecule has 1 unspecified atom stereocenters. The molecule has 3 aromatic rings. The Bertz CT molecular complexity index is 1030. The highest BCUT2D eigenvalue weighted by molar-refractivity contribution is 6.33. The number of nitrogens with zero attached hydrogens (tertiary/aromatic N) is 3. The lowest BCUT2D eigenvalue weighted by Crippen LogP contribution is -2.40. The van der Waals surface area contributed by atoms with E-state index in [0.717, 1.165) is 37.1 Å². The lowest BCUT2D eigenvalue weighted by Gasteiger charge is -2.30. The summed E-state index contributed by atoms with van der Waals surface area (Å²) in [6.07, 6.45) is 5.28. The van der Waals surface area contributed by atoms with Crippen molar-refractivity contribution in [3.8, 4) is 11.4 Å². The van der Waals surface area contributed by atoms with Crippen molar-refractivity contribution in [2.24, 2.45) is 5.92 Å². The average Bonchev–Trinajstić information content (AvgIpc) is 3.27. The molecule has 6 nitrogen and oxygen atoms in total. The van der Waals surface area contributed by atoms with Crippen LogP contribution in [0.25, 0.3) is 11.4 Å². The number of carbonyl (C=O) groups excluding carboxylic acids is 1. The minimum absolute atomic E-state index is 0.0607. The van der Waals surface area contributed by atoms with Gasteiger partial charge in [0.05, 0.1) is 17.5 Å². The van der Waals surface area contributed by atoms with Gasteiger partial charge in [0.2, 0.25) is 17.6 Å². The molecule has 2 heterocycles. The fourth-order valence-electron chi connectivity index (χ4n) is 4.06. The Labute approximate surface area is 194 Å². The van der Waals surface area contributed by atoms with Gasteiger partial charge in [0, 0.05) is 17.8 Å². The van der Waals surface area contributed by atoms with Crippen molar-refractivity contribution in [2.75, 3.05) is 18.4 Å². The van der Waals surface area contributed by atoms with E-state index in [9.17, 15) is 4.79 Å². The number of amides is 1. The van der Waals surface area contributed by atoms with Crippen LogP contribution in [0.1, 0.15) is 44.1 Å². The van der Waals surface area contributed by atoms with Crippen LogP contribution in [0.15, 0.2) is 53.1 Å². The summed E-state index contributed by atoms with van der Waals surface area (Å²) in [5, 5.41) is 7.74. The van der Waals surface area contributed by atoms with Gasteiger partial charge in [0.1, 0.15) is 0 Å². The molecule has 7 heteroatoms. The number of nitrogens with one attached hydrogen (secondary N) is 1. The van der Waals surface area contributed by atoms with Crippen molar-refractivity contribution >= 4 is 23.2 Å². The highest BCUT2D eigenvalue weighted by Crippen LogP contribution is 2.26. The number of piperidine rings is 1. The zero-order valence-corrected chi connectivity index (χ0v) is 19.1. The van der Waals surface area contributed by atoms with E-state index < -0.39 is 0 Å². The first-order valence-electron chi connectivity index (χ1n) is 11.3. The molecule has 1 fully saturated rings. The van der Waals surface area contributed by atoms with Gasteiger partial charge in [-0.3, -0.25) is 9.69 Å². The number of carbonyl (C=O) groups is 1. The molecule has 2 aromatic carbocycles. The zero-order chi connectivity index (χ0) is 22.3. The number of benzene rings is 2. The molecule has 1 amide bonds. The molecule has 0 saturated carbocycles. The summed E-state index contributed by atoms with van der Waals surface area (Å²) >= 11 is 6.23. The van der Waals surface area contributed by atoms with E-state index in [1.54, 1.807) is 6.07 Å². The second-order valence-electron chi connectivity index (χ2n) is 8.36. The molecule has 168 valence electrons. The van der Waals surface area contributed by atoms with Crippen LogP contribution < -0.4 is 5.32 Å². The quantitative estimate of drug-likeness (QED) is 0.482. The van der Waals surface area contributed by atoms with E-state index in [0.29, 0.717) is 29.8 Å². The van der Waals surface area contributed by atoms with E-state index in [1.807, 2.05) is 30.3 Å². The fraction of sp³-hybridized carbons (Fsp3) is 0.400. The van der Waals surface area contributed by atoms with Gasteiger partial charge >= 0.3 is 0 Å². The van der Waals surface area contributed by atoms with E-state index in [2.05, 4.69) is 39.4 Å². The predicted molar refractivity (Wildman–Crippen MR) is 126 cm³/mol. The Hall–Kier alpha value is -2.70. The molecule has 1 aliphatic heterocycles. The lowest BCUT2D eigenvalue weighted by molar-refractivity contribution is -0.121. The summed E-state index contributed by atoms with van der Waals surface area (Å²) in [7, 11) is 0. The van der Waals surface area contributed by atoms with Crippen molar-refractivity contribution in [2.45, 2.75) is 45.6 Å². The predicted octanol–water partition coefficient (Wildman–Crippen LogP) is 5.58. The van der Waals surface area contributed by atoms with Crippen LogP contribution in [0, 0.1) is 5.92 Å². The number of anilines is 1. The number of hydrogen-bond acceptors (Lipinski definition) is 5. The van der Waals surface area contributed by atoms with E-state index in [1.165, 1.54) is 18.4 Å². The van der Waals surface area contributed by atoms with Gasteiger partial charge in [0.25, 0.3) is 0 Å². The fourth-order valence-corrected chi connectivity index (χ4v) is 4.28. The Balaban J connectivity index is 1.32. The third-order valence-electron chi connectivity index (χ3n) is 5.86. The molecule has 1 saturated heterocycles. The second kappa shape index (κ2) is 10.7. The molecule has 1 N–H and O–H groups in total. The summed E-state index contributed by atoms with van der Waals surface area (Å²) in [6.45, 7) is 4.29. The normalized spacial score (nSPS) is 16.8. The number of hydrogen-bond donors (Lipinski definition) is 1. The molecule has 0 bridgehead atoms. The summed E-state index contributed by atoms with van der Waals surface area (Å²) in [5.74, 6) is 1.02. The highest BCUT2D eigenvalue weighted by Gasteiger charge is 2.27. The molecular weight excluding hydrogens is 424 g/mol.